The second-order valence-corrected chi connectivity index (χ2v) is 5.82. The first-order valence-electron chi connectivity index (χ1n) is 8.37. The number of methoxy groups -OCH3 is 2. The Morgan fingerprint density at radius 3 is 2.43 bits per heavy atom. The lowest BCUT2D eigenvalue weighted by Gasteiger charge is -2.11. The van der Waals surface area contributed by atoms with Crippen molar-refractivity contribution in [2.24, 2.45) is 0 Å². The predicted octanol–water partition coefficient (Wildman–Crippen LogP) is 2.32. The van der Waals surface area contributed by atoms with E-state index in [1.54, 1.807) is 25.3 Å². The molecule has 1 amide bonds. The van der Waals surface area contributed by atoms with Gasteiger partial charge in [0, 0.05) is 12.6 Å². The molecular weight excluding hydrogens is 365 g/mol. The molecule has 0 bridgehead atoms. The summed E-state index contributed by atoms with van der Waals surface area (Å²) in [7, 11) is 3.07. The zero-order valence-corrected chi connectivity index (χ0v) is 15.3. The van der Waals surface area contributed by atoms with Crippen molar-refractivity contribution in [3.8, 4) is 17.2 Å². The van der Waals surface area contributed by atoms with Gasteiger partial charge in [-0.15, -0.1) is 0 Å². The molecule has 28 heavy (non-hydrogen) atoms. The quantitative estimate of drug-likeness (QED) is 0.706. The number of carbonyl (C=O) groups excluding carboxylic acids is 1. The van der Waals surface area contributed by atoms with Gasteiger partial charge in [0.2, 0.25) is 0 Å². The van der Waals surface area contributed by atoms with Crippen LogP contribution in [0.1, 0.15) is 16.1 Å². The lowest BCUT2D eigenvalue weighted by atomic mass is 10.2. The van der Waals surface area contributed by atoms with Crippen LogP contribution < -0.4 is 20.3 Å². The molecule has 8 heteroatoms. The molecule has 0 saturated heterocycles. The van der Waals surface area contributed by atoms with Crippen molar-refractivity contribution in [1.82, 2.24) is 15.1 Å². The van der Waals surface area contributed by atoms with E-state index in [2.05, 4.69) is 10.4 Å². The van der Waals surface area contributed by atoms with Gasteiger partial charge in [0.1, 0.15) is 11.5 Å². The predicted molar refractivity (Wildman–Crippen MR) is 101 cm³/mol. The van der Waals surface area contributed by atoms with Crippen molar-refractivity contribution in [3.63, 3.8) is 0 Å². The zero-order chi connectivity index (χ0) is 20.1. The fourth-order valence-electron chi connectivity index (χ4n) is 2.56. The molecule has 0 spiro atoms. The van der Waals surface area contributed by atoms with Crippen molar-refractivity contribution >= 4 is 5.91 Å². The number of halogens is 1. The van der Waals surface area contributed by atoms with Crippen LogP contribution in [-0.2, 0) is 6.54 Å². The number of ether oxygens (including phenoxy) is 2. The highest BCUT2D eigenvalue weighted by Gasteiger charge is 2.12. The van der Waals surface area contributed by atoms with Gasteiger partial charge in [-0.1, -0.05) is 6.07 Å². The first-order valence-corrected chi connectivity index (χ1v) is 8.37. The van der Waals surface area contributed by atoms with Crippen molar-refractivity contribution in [1.29, 1.82) is 0 Å². The number of hydrogen-bond acceptors (Lipinski definition) is 5. The molecule has 1 aromatic heterocycles. The van der Waals surface area contributed by atoms with Crippen LogP contribution in [0.2, 0.25) is 0 Å². The van der Waals surface area contributed by atoms with Crippen LogP contribution in [0.15, 0.2) is 59.4 Å². The van der Waals surface area contributed by atoms with E-state index in [4.69, 9.17) is 9.47 Å². The highest BCUT2D eigenvalue weighted by atomic mass is 19.1. The molecule has 1 heterocycles. The van der Waals surface area contributed by atoms with Crippen LogP contribution in [0, 0.1) is 5.82 Å². The molecule has 0 fully saturated rings. The average Bonchev–Trinajstić information content (AvgIpc) is 2.72. The number of hydrogen-bond donors (Lipinski definition) is 1. The second kappa shape index (κ2) is 8.34. The summed E-state index contributed by atoms with van der Waals surface area (Å²) in [5.74, 6) is 0.258. The van der Waals surface area contributed by atoms with E-state index in [9.17, 15) is 14.0 Å². The van der Waals surface area contributed by atoms with Crippen molar-refractivity contribution < 1.29 is 18.7 Å². The van der Waals surface area contributed by atoms with Gasteiger partial charge in [-0.3, -0.25) is 9.59 Å². The van der Waals surface area contributed by atoms with Crippen LogP contribution in [0.25, 0.3) is 5.69 Å². The smallest absolute Gasteiger partial charge is 0.272 e. The molecule has 1 N–H and O–H groups in total. The van der Waals surface area contributed by atoms with Gasteiger partial charge in [0.15, 0.2) is 11.5 Å². The summed E-state index contributed by atoms with van der Waals surface area (Å²) in [6.07, 6.45) is 0. The van der Waals surface area contributed by atoms with Crippen LogP contribution in [0.4, 0.5) is 4.39 Å². The fraction of sp³-hybridized carbons (Fsp3) is 0.150. The Labute approximate surface area is 160 Å². The topological polar surface area (TPSA) is 82.5 Å². The Morgan fingerprint density at radius 1 is 1.04 bits per heavy atom. The number of benzene rings is 2. The molecule has 3 aromatic rings. The second-order valence-electron chi connectivity index (χ2n) is 5.82. The molecule has 144 valence electrons. The van der Waals surface area contributed by atoms with Crippen LogP contribution in [0.5, 0.6) is 11.5 Å². The zero-order valence-electron chi connectivity index (χ0n) is 15.3. The van der Waals surface area contributed by atoms with Gasteiger partial charge >= 0.3 is 0 Å². The number of rotatable bonds is 6. The lowest BCUT2D eigenvalue weighted by molar-refractivity contribution is 0.0944. The first kappa shape index (κ1) is 19.1. The largest absolute Gasteiger partial charge is 0.493 e. The van der Waals surface area contributed by atoms with Gasteiger partial charge in [0.25, 0.3) is 11.5 Å². The molecule has 0 unspecified atom stereocenters. The number of amides is 1. The third-order valence-corrected chi connectivity index (χ3v) is 4.01. The van der Waals surface area contributed by atoms with Crippen LogP contribution in [0.3, 0.4) is 0 Å². The summed E-state index contributed by atoms with van der Waals surface area (Å²) >= 11 is 0. The normalized spacial score (nSPS) is 10.4. The van der Waals surface area contributed by atoms with Gasteiger partial charge in [-0.25, -0.2) is 4.39 Å². The SMILES string of the molecule is COc1ccc(CNC(=O)c2ccc(=O)n(-c3ccc(F)cc3)n2)cc1OC. The molecule has 0 aliphatic rings. The maximum absolute atomic E-state index is 13.1. The average molecular weight is 383 g/mol. The van der Waals surface area contributed by atoms with E-state index < -0.39 is 17.3 Å². The summed E-state index contributed by atoms with van der Waals surface area (Å²) in [5.41, 5.74) is 0.797. The minimum Gasteiger partial charge on any atom is -0.493 e. The number of nitrogens with zero attached hydrogens (tertiary/aromatic N) is 2. The van der Waals surface area contributed by atoms with E-state index in [1.807, 2.05) is 0 Å². The molecule has 0 aliphatic carbocycles. The van der Waals surface area contributed by atoms with E-state index in [0.29, 0.717) is 17.2 Å². The van der Waals surface area contributed by atoms with Gasteiger partial charge in [-0.05, 0) is 48.0 Å². The van der Waals surface area contributed by atoms with Gasteiger partial charge in [-0.2, -0.15) is 9.78 Å². The number of aromatic nitrogens is 2. The summed E-state index contributed by atoms with van der Waals surface area (Å²) in [5, 5.41) is 6.81. The van der Waals surface area contributed by atoms with Crippen molar-refractivity contribution in [3.05, 3.63) is 82.0 Å². The first-order chi connectivity index (χ1) is 13.5. The number of nitrogens with one attached hydrogen (secondary N) is 1. The summed E-state index contributed by atoms with van der Waals surface area (Å²) < 4.78 is 24.6. The molecular formula is C20H18FN3O4. The van der Waals surface area contributed by atoms with Crippen LogP contribution >= 0.6 is 0 Å². The third kappa shape index (κ3) is 4.17. The monoisotopic (exact) mass is 383 g/mol. The Balaban J connectivity index is 1.77. The standard InChI is InChI=1S/C20H18FN3O4/c1-27-17-9-3-13(11-18(17)28-2)12-22-20(26)16-8-10-19(25)24(23-16)15-6-4-14(21)5-7-15/h3-11H,12H2,1-2H3,(H,22,26). The van der Waals surface area contributed by atoms with Crippen molar-refractivity contribution in [2.45, 2.75) is 6.54 Å². The Kier molecular flexibility index (Phi) is 5.69. The van der Waals surface area contributed by atoms with E-state index in [1.165, 1.54) is 43.5 Å². The number of carbonyl (C=O) groups is 1. The van der Waals surface area contributed by atoms with E-state index in [0.717, 1.165) is 10.2 Å². The summed E-state index contributed by atoms with van der Waals surface area (Å²) in [6.45, 7) is 0.233. The van der Waals surface area contributed by atoms with Crippen molar-refractivity contribution in [2.75, 3.05) is 14.2 Å². The Morgan fingerprint density at radius 2 is 1.75 bits per heavy atom. The van der Waals surface area contributed by atoms with E-state index >= 15 is 0 Å². The highest BCUT2D eigenvalue weighted by molar-refractivity contribution is 5.92. The summed E-state index contributed by atoms with van der Waals surface area (Å²) in [6, 6.07) is 13.1. The maximum Gasteiger partial charge on any atom is 0.272 e. The van der Waals surface area contributed by atoms with E-state index in [-0.39, 0.29) is 12.2 Å². The maximum atomic E-state index is 13.1. The highest BCUT2D eigenvalue weighted by Crippen LogP contribution is 2.27. The molecule has 0 saturated carbocycles. The fourth-order valence-corrected chi connectivity index (χ4v) is 2.56. The molecule has 2 aromatic carbocycles. The third-order valence-electron chi connectivity index (χ3n) is 4.01. The molecule has 0 aliphatic heterocycles. The minimum atomic E-state index is -0.453. The minimum absolute atomic E-state index is 0.0596. The van der Waals surface area contributed by atoms with Gasteiger partial charge in [0.05, 0.1) is 19.9 Å². The molecule has 0 atom stereocenters. The Bertz CT molecular complexity index is 1050. The Hall–Kier alpha value is -3.68. The molecule has 3 rings (SSSR count). The molecule has 7 nitrogen and oxygen atoms in total. The summed E-state index contributed by atoms with van der Waals surface area (Å²) in [4.78, 5) is 24.5. The molecule has 0 radical (unpaired) electrons. The van der Waals surface area contributed by atoms with Gasteiger partial charge < -0.3 is 14.8 Å². The van der Waals surface area contributed by atoms with Crippen LogP contribution in [-0.4, -0.2) is 29.9 Å². The lowest BCUT2D eigenvalue weighted by Crippen LogP contribution is -2.28.